The van der Waals surface area contributed by atoms with E-state index in [1.165, 1.54) is 23.5 Å². The first-order valence-corrected chi connectivity index (χ1v) is 6.36. The first kappa shape index (κ1) is 12.7. The first-order valence-electron chi connectivity index (χ1n) is 5.48. The van der Waals surface area contributed by atoms with E-state index in [2.05, 4.69) is 5.32 Å². The smallest absolute Gasteiger partial charge is 0.242 e. The molecule has 2 aromatic rings. The van der Waals surface area contributed by atoms with Crippen LogP contribution in [0.25, 0.3) is 0 Å². The fraction of sp³-hybridized carbons (Fsp3) is 0.154. The molecule has 1 aromatic heterocycles. The fourth-order valence-electron chi connectivity index (χ4n) is 1.50. The molecule has 94 valence electrons. The minimum absolute atomic E-state index is 0.234. The highest BCUT2D eigenvalue weighted by Crippen LogP contribution is 2.16. The summed E-state index contributed by atoms with van der Waals surface area (Å²) in [6.45, 7) is 0.345. The molecule has 0 radical (unpaired) electrons. The van der Waals surface area contributed by atoms with Crippen molar-refractivity contribution in [3.63, 3.8) is 0 Å². The molecule has 0 saturated carbocycles. The molecule has 0 fully saturated rings. The van der Waals surface area contributed by atoms with Gasteiger partial charge in [0.1, 0.15) is 11.9 Å². The molecule has 0 bridgehead atoms. The maximum Gasteiger partial charge on any atom is 0.242 e. The Morgan fingerprint density at radius 2 is 2.06 bits per heavy atom. The van der Waals surface area contributed by atoms with Gasteiger partial charge in [-0.25, -0.2) is 4.39 Å². The maximum absolute atomic E-state index is 12.7. The lowest BCUT2D eigenvalue weighted by molar-refractivity contribution is -0.122. The molecular weight excluding hydrogens is 251 g/mol. The highest BCUT2D eigenvalue weighted by atomic mass is 32.1. The predicted octanol–water partition coefficient (Wildman–Crippen LogP) is 2.20. The zero-order chi connectivity index (χ0) is 13.0. The van der Waals surface area contributed by atoms with E-state index in [4.69, 9.17) is 5.73 Å². The van der Waals surface area contributed by atoms with Crippen molar-refractivity contribution in [3.05, 3.63) is 58.0 Å². The minimum atomic E-state index is -0.648. The molecule has 2 rings (SSSR count). The molecule has 0 aliphatic heterocycles. The van der Waals surface area contributed by atoms with E-state index in [-0.39, 0.29) is 11.7 Å². The molecule has 0 aliphatic carbocycles. The molecule has 1 aromatic carbocycles. The van der Waals surface area contributed by atoms with Crippen LogP contribution in [0.3, 0.4) is 0 Å². The minimum Gasteiger partial charge on any atom is -0.350 e. The van der Waals surface area contributed by atoms with Crippen LogP contribution < -0.4 is 11.1 Å². The van der Waals surface area contributed by atoms with Crippen molar-refractivity contribution in [1.29, 1.82) is 0 Å². The molecule has 3 nitrogen and oxygen atoms in total. The summed E-state index contributed by atoms with van der Waals surface area (Å²) in [5.74, 6) is -0.526. The van der Waals surface area contributed by atoms with Crippen molar-refractivity contribution >= 4 is 17.2 Å². The van der Waals surface area contributed by atoms with Crippen LogP contribution in [-0.2, 0) is 11.3 Å². The number of nitrogens with one attached hydrogen (secondary N) is 1. The predicted molar refractivity (Wildman–Crippen MR) is 69.5 cm³/mol. The molecule has 3 N–H and O–H groups in total. The SMILES string of the molecule is NC(C(=O)NCc1ccc(F)cc1)c1cccs1. The van der Waals surface area contributed by atoms with Gasteiger partial charge in [-0.2, -0.15) is 0 Å². The van der Waals surface area contributed by atoms with Gasteiger partial charge in [-0.1, -0.05) is 18.2 Å². The standard InChI is InChI=1S/C13H13FN2OS/c14-10-5-3-9(4-6-10)8-16-13(17)12(15)11-2-1-7-18-11/h1-7,12H,8,15H2,(H,16,17). The average Bonchev–Trinajstić information content (AvgIpc) is 2.90. The van der Waals surface area contributed by atoms with Crippen molar-refractivity contribution in [2.75, 3.05) is 0 Å². The van der Waals surface area contributed by atoms with E-state index in [9.17, 15) is 9.18 Å². The molecular formula is C13H13FN2OS. The van der Waals surface area contributed by atoms with Crippen molar-refractivity contribution < 1.29 is 9.18 Å². The van der Waals surface area contributed by atoms with Crippen molar-refractivity contribution in [2.24, 2.45) is 5.73 Å². The zero-order valence-corrected chi connectivity index (χ0v) is 10.4. The second-order valence-corrected chi connectivity index (χ2v) is 4.82. The highest BCUT2D eigenvalue weighted by Gasteiger charge is 2.15. The molecule has 0 spiro atoms. The number of hydrogen-bond donors (Lipinski definition) is 2. The molecule has 18 heavy (non-hydrogen) atoms. The Hall–Kier alpha value is -1.72. The number of amides is 1. The van der Waals surface area contributed by atoms with Crippen LogP contribution in [0.15, 0.2) is 41.8 Å². The number of benzene rings is 1. The second-order valence-electron chi connectivity index (χ2n) is 3.84. The van der Waals surface area contributed by atoms with Gasteiger partial charge >= 0.3 is 0 Å². The third-order valence-electron chi connectivity index (χ3n) is 2.51. The number of rotatable bonds is 4. The molecule has 1 unspecified atom stereocenters. The number of nitrogens with two attached hydrogens (primary N) is 1. The zero-order valence-electron chi connectivity index (χ0n) is 9.60. The fourth-order valence-corrected chi connectivity index (χ4v) is 2.22. The van der Waals surface area contributed by atoms with Crippen LogP contribution >= 0.6 is 11.3 Å². The van der Waals surface area contributed by atoms with E-state index in [1.54, 1.807) is 12.1 Å². The molecule has 0 saturated heterocycles. The quantitative estimate of drug-likeness (QED) is 0.889. The topological polar surface area (TPSA) is 55.1 Å². The molecule has 0 aliphatic rings. The van der Waals surface area contributed by atoms with Gasteiger partial charge in [0.05, 0.1) is 0 Å². The Bertz CT molecular complexity index is 510. The van der Waals surface area contributed by atoms with E-state index >= 15 is 0 Å². The van der Waals surface area contributed by atoms with Crippen LogP contribution in [0.5, 0.6) is 0 Å². The van der Waals surface area contributed by atoms with Crippen molar-refractivity contribution in [2.45, 2.75) is 12.6 Å². The van der Waals surface area contributed by atoms with Gasteiger partial charge in [0, 0.05) is 11.4 Å². The van der Waals surface area contributed by atoms with E-state index in [0.29, 0.717) is 6.54 Å². The average molecular weight is 264 g/mol. The van der Waals surface area contributed by atoms with Gasteiger partial charge in [-0.05, 0) is 29.1 Å². The van der Waals surface area contributed by atoms with E-state index < -0.39 is 6.04 Å². The summed E-state index contributed by atoms with van der Waals surface area (Å²) in [5, 5.41) is 4.60. The Kier molecular flexibility index (Phi) is 4.07. The van der Waals surface area contributed by atoms with Crippen LogP contribution in [0.2, 0.25) is 0 Å². The summed E-state index contributed by atoms with van der Waals surface area (Å²) in [5.41, 5.74) is 6.65. The lowest BCUT2D eigenvalue weighted by Crippen LogP contribution is -2.33. The Morgan fingerprint density at radius 1 is 1.33 bits per heavy atom. The Balaban J connectivity index is 1.90. The summed E-state index contributed by atoms with van der Waals surface area (Å²) in [6.07, 6.45) is 0. The lowest BCUT2D eigenvalue weighted by atomic mass is 10.2. The van der Waals surface area contributed by atoms with Gasteiger partial charge in [-0.3, -0.25) is 4.79 Å². The summed E-state index contributed by atoms with van der Waals surface area (Å²) in [6, 6.07) is 9.02. The first-order chi connectivity index (χ1) is 8.66. The Labute approximate surface area is 108 Å². The molecule has 1 amide bonds. The van der Waals surface area contributed by atoms with Gasteiger partial charge in [0.15, 0.2) is 0 Å². The van der Waals surface area contributed by atoms with Crippen LogP contribution in [0.1, 0.15) is 16.5 Å². The number of carbonyl (C=O) groups is 1. The van der Waals surface area contributed by atoms with Crippen LogP contribution in [0.4, 0.5) is 4.39 Å². The molecule has 5 heteroatoms. The van der Waals surface area contributed by atoms with Gasteiger partial charge in [0.2, 0.25) is 5.91 Å². The maximum atomic E-state index is 12.7. The van der Waals surface area contributed by atoms with Gasteiger partial charge in [0.25, 0.3) is 0 Å². The second kappa shape index (κ2) is 5.75. The third kappa shape index (κ3) is 3.15. The van der Waals surface area contributed by atoms with Gasteiger partial charge in [-0.15, -0.1) is 11.3 Å². The lowest BCUT2D eigenvalue weighted by Gasteiger charge is -2.10. The number of hydrogen-bond acceptors (Lipinski definition) is 3. The molecule has 1 heterocycles. The third-order valence-corrected chi connectivity index (χ3v) is 3.47. The van der Waals surface area contributed by atoms with Crippen molar-refractivity contribution in [1.82, 2.24) is 5.32 Å². The largest absolute Gasteiger partial charge is 0.350 e. The Morgan fingerprint density at radius 3 is 2.67 bits per heavy atom. The number of thiophene rings is 1. The van der Waals surface area contributed by atoms with Crippen LogP contribution in [0, 0.1) is 5.82 Å². The highest BCUT2D eigenvalue weighted by molar-refractivity contribution is 7.10. The van der Waals surface area contributed by atoms with E-state index in [1.807, 2.05) is 17.5 Å². The normalized spacial score (nSPS) is 12.1. The summed E-state index contributed by atoms with van der Waals surface area (Å²) < 4.78 is 12.7. The monoisotopic (exact) mass is 264 g/mol. The van der Waals surface area contributed by atoms with Crippen molar-refractivity contribution in [3.8, 4) is 0 Å². The van der Waals surface area contributed by atoms with E-state index in [0.717, 1.165) is 10.4 Å². The number of halogens is 1. The van der Waals surface area contributed by atoms with Crippen LogP contribution in [-0.4, -0.2) is 5.91 Å². The number of carbonyl (C=O) groups excluding carboxylic acids is 1. The summed E-state index contributed by atoms with van der Waals surface area (Å²) in [4.78, 5) is 12.6. The summed E-state index contributed by atoms with van der Waals surface area (Å²) >= 11 is 1.45. The van der Waals surface area contributed by atoms with Gasteiger partial charge < -0.3 is 11.1 Å². The summed E-state index contributed by atoms with van der Waals surface area (Å²) in [7, 11) is 0. The molecule has 1 atom stereocenters.